The second-order valence-electron chi connectivity index (χ2n) is 8.21. The number of halogens is 2. The molecule has 1 fully saturated rings. The molecule has 0 aliphatic carbocycles. The number of carbonyl (C=O) groups is 2. The van der Waals surface area contributed by atoms with Crippen LogP contribution < -0.4 is 9.64 Å². The number of anilines is 1. The van der Waals surface area contributed by atoms with Crippen molar-refractivity contribution in [2.45, 2.75) is 19.4 Å². The van der Waals surface area contributed by atoms with Crippen LogP contribution in [0.1, 0.15) is 30.5 Å². The predicted octanol–water partition coefficient (Wildman–Crippen LogP) is 7.02. The van der Waals surface area contributed by atoms with Gasteiger partial charge in [-0.2, -0.15) is 0 Å². The van der Waals surface area contributed by atoms with Gasteiger partial charge in [0, 0.05) is 15.6 Å². The van der Waals surface area contributed by atoms with E-state index in [-0.39, 0.29) is 11.3 Å². The second-order valence-corrected chi connectivity index (χ2v) is 10.1. The molecule has 4 aromatic rings. The Morgan fingerprint density at radius 1 is 1.06 bits per heavy atom. The first kappa shape index (κ1) is 24.3. The van der Waals surface area contributed by atoms with Gasteiger partial charge in [-0.25, -0.2) is 4.98 Å². The Kier molecular flexibility index (Phi) is 6.71. The van der Waals surface area contributed by atoms with Crippen LogP contribution in [-0.4, -0.2) is 28.4 Å². The van der Waals surface area contributed by atoms with Crippen molar-refractivity contribution in [3.05, 3.63) is 93.5 Å². The third-order valence-corrected chi connectivity index (χ3v) is 7.24. The fourth-order valence-corrected chi connectivity index (χ4v) is 5.56. The molecule has 6 nitrogen and oxygen atoms in total. The van der Waals surface area contributed by atoms with Crippen molar-refractivity contribution in [2.24, 2.45) is 0 Å². The molecule has 1 unspecified atom stereocenters. The van der Waals surface area contributed by atoms with Crippen molar-refractivity contribution in [3.63, 3.8) is 0 Å². The van der Waals surface area contributed by atoms with E-state index in [0.29, 0.717) is 44.2 Å². The number of Topliss-reactive ketones (excluding diaryl/α,β-unsaturated/α-hetero) is 1. The minimum Gasteiger partial charge on any atom is -0.507 e. The van der Waals surface area contributed by atoms with E-state index in [0.717, 1.165) is 11.1 Å². The molecule has 1 aromatic heterocycles. The van der Waals surface area contributed by atoms with Gasteiger partial charge in [0.15, 0.2) is 5.13 Å². The number of aliphatic hydroxyl groups excluding tert-OH is 1. The Labute approximate surface area is 221 Å². The molecule has 1 saturated heterocycles. The largest absolute Gasteiger partial charge is 0.507 e. The number of nitrogens with zero attached hydrogens (tertiary/aromatic N) is 2. The lowest BCUT2D eigenvalue weighted by Crippen LogP contribution is -2.29. The predicted molar refractivity (Wildman–Crippen MR) is 143 cm³/mol. The van der Waals surface area contributed by atoms with E-state index in [2.05, 4.69) is 4.98 Å². The maximum atomic E-state index is 13.4. The quantitative estimate of drug-likeness (QED) is 0.162. The molecule has 0 bridgehead atoms. The van der Waals surface area contributed by atoms with Crippen molar-refractivity contribution in [1.29, 1.82) is 0 Å². The summed E-state index contributed by atoms with van der Waals surface area (Å²) in [7, 11) is 0. The molecule has 1 aliphatic rings. The van der Waals surface area contributed by atoms with Crippen LogP contribution in [0.3, 0.4) is 0 Å². The molecule has 0 spiro atoms. The Hall–Kier alpha value is -3.39. The summed E-state index contributed by atoms with van der Waals surface area (Å²) in [5, 5.41) is 12.6. The SMILES string of the molecule is CCCOc1ccc(C(O)=C2C(=O)C(=O)N(c3nc4ccc(Cl)cc4s3)C2c2cccc(Cl)c2)cc1. The molecule has 36 heavy (non-hydrogen) atoms. The summed E-state index contributed by atoms with van der Waals surface area (Å²) in [6.45, 7) is 2.58. The van der Waals surface area contributed by atoms with E-state index in [9.17, 15) is 14.7 Å². The summed E-state index contributed by atoms with van der Waals surface area (Å²) >= 11 is 13.6. The Bertz CT molecular complexity index is 1510. The minimum atomic E-state index is -0.921. The summed E-state index contributed by atoms with van der Waals surface area (Å²) in [6, 6.07) is 17.9. The number of ketones is 1. The Balaban J connectivity index is 1.65. The van der Waals surface area contributed by atoms with Crippen molar-refractivity contribution in [1.82, 2.24) is 4.98 Å². The first-order chi connectivity index (χ1) is 17.4. The number of benzene rings is 3. The van der Waals surface area contributed by atoms with Gasteiger partial charge in [-0.05, 0) is 66.6 Å². The van der Waals surface area contributed by atoms with E-state index in [1.165, 1.54) is 16.2 Å². The molecule has 3 aromatic carbocycles. The highest BCUT2D eigenvalue weighted by Crippen LogP contribution is 2.45. The summed E-state index contributed by atoms with van der Waals surface area (Å²) in [5.74, 6) is -1.23. The molecule has 5 rings (SSSR count). The van der Waals surface area contributed by atoms with Gasteiger partial charge in [-0.3, -0.25) is 14.5 Å². The van der Waals surface area contributed by atoms with Crippen molar-refractivity contribution < 1.29 is 19.4 Å². The fourth-order valence-electron chi connectivity index (χ4n) is 4.10. The van der Waals surface area contributed by atoms with Crippen molar-refractivity contribution in [3.8, 4) is 5.75 Å². The molecular formula is C27H20Cl2N2O4S. The van der Waals surface area contributed by atoms with Crippen LogP contribution in [0, 0.1) is 0 Å². The highest BCUT2D eigenvalue weighted by atomic mass is 35.5. The lowest BCUT2D eigenvalue weighted by molar-refractivity contribution is -0.132. The zero-order valence-corrected chi connectivity index (χ0v) is 21.4. The number of hydrogen-bond donors (Lipinski definition) is 1. The maximum absolute atomic E-state index is 13.4. The van der Waals surface area contributed by atoms with Crippen molar-refractivity contribution in [2.75, 3.05) is 11.5 Å². The van der Waals surface area contributed by atoms with Crippen LogP contribution in [-0.2, 0) is 9.59 Å². The molecule has 2 heterocycles. The average molecular weight is 539 g/mol. The van der Waals surface area contributed by atoms with Crippen LogP contribution >= 0.6 is 34.5 Å². The number of hydrogen-bond acceptors (Lipinski definition) is 6. The van der Waals surface area contributed by atoms with Gasteiger partial charge in [0.05, 0.1) is 28.4 Å². The monoisotopic (exact) mass is 538 g/mol. The second kappa shape index (κ2) is 9.93. The minimum absolute atomic E-state index is 0.0400. The van der Waals surface area contributed by atoms with E-state index < -0.39 is 17.7 Å². The first-order valence-electron chi connectivity index (χ1n) is 11.2. The molecular weight excluding hydrogens is 519 g/mol. The average Bonchev–Trinajstić information content (AvgIpc) is 3.40. The van der Waals surface area contributed by atoms with Gasteiger partial charge in [0.25, 0.3) is 5.78 Å². The molecule has 1 atom stereocenters. The zero-order chi connectivity index (χ0) is 25.4. The summed E-state index contributed by atoms with van der Waals surface area (Å²) in [4.78, 5) is 32.6. The summed E-state index contributed by atoms with van der Waals surface area (Å²) in [5.41, 5.74) is 1.57. The topological polar surface area (TPSA) is 79.7 Å². The third-order valence-electron chi connectivity index (χ3n) is 5.75. The lowest BCUT2D eigenvalue weighted by atomic mass is 9.95. The first-order valence-corrected chi connectivity index (χ1v) is 12.8. The number of rotatable bonds is 6. The number of fused-ring (bicyclic) bond motifs is 1. The molecule has 182 valence electrons. The molecule has 1 amide bonds. The van der Waals surface area contributed by atoms with E-state index in [4.69, 9.17) is 27.9 Å². The van der Waals surface area contributed by atoms with Crippen LogP contribution in [0.5, 0.6) is 5.75 Å². The molecule has 9 heteroatoms. The van der Waals surface area contributed by atoms with Gasteiger partial charge < -0.3 is 9.84 Å². The standard InChI is InChI=1S/C27H20Cl2N2O4S/c1-2-12-35-19-9-6-15(7-10-19)24(32)22-23(16-4-3-5-17(28)13-16)31(26(34)25(22)33)27-30-20-11-8-18(29)14-21(20)36-27/h3-11,13-14,23,32H,2,12H2,1H3. The van der Waals surface area contributed by atoms with Crippen LogP contribution in [0.15, 0.2) is 72.3 Å². The molecule has 1 aliphatic heterocycles. The molecule has 0 radical (unpaired) electrons. The smallest absolute Gasteiger partial charge is 0.301 e. The zero-order valence-electron chi connectivity index (χ0n) is 19.1. The Morgan fingerprint density at radius 2 is 1.81 bits per heavy atom. The number of aromatic nitrogens is 1. The number of carbonyl (C=O) groups excluding carboxylic acids is 2. The summed E-state index contributed by atoms with van der Waals surface area (Å²) in [6.07, 6.45) is 0.864. The number of ether oxygens (including phenoxy) is 1. The molecule has 0 saturated carbocycles. The molecule has 1 N–H and O–H groups in total. The number of aliphatic hydroxyl groups is 1. The fraction of sp³-hybridized carbons (Fsp3) is 0.148. The van der Waals surface area contributed by atoms with E-state index in [1.54, 1.807) is 66.7 Å². The highest BCUT2D eigenvalue weighted by molar-refractivity contribution is 7.22. The van der Waals surface area contributed by atoms with E-state index >= 15 is 0 Å². The number of amides is 1. The van der Waals surface area contributed by atoms with Crippen LogP contribution in [0.2, 0.25) is 10.0 Å². The maximum Gasteiger partial charge on any atom is 0.301 e. The van der Waals surface area contributed by atoms with Crippen LogP contribution in [0.4, 0.5) is 5.13 Å². The summed E-state index contributed by atoms with van der Waals surface area (Å²) < 4.78 is 6.38. The lowest BCUT2D eigenvalue weighted by Gasteiger charge is -2.23. The highest BCUT2D eigenvalue weighted by Gasteiger charge is 2.48. The van der Waals surface area contributed by atoms with Gasteiger partial charge in [0.1, 0.15) is 11.5 Å². The normalized spacial score (nSPS) is 17.2. The van der Waals surface area contributed by atoms with Gasteiger partial charge in [-0.15, -0.1) is 0 Å². The Morgan fingerprint density at radius 3 is 2.53 bits per heavy atom. The van der Waals surface area contributed by atoms with Crippen LogP contribution in [0.25, 0.3) is 16.0 Å². The van der Waals surface area contributed by atoms with Gasteiger partial charge in [0.2, 0.25) is 0 Å². The third kappa shape index (κ3) is 4.46. The number of thiazole rings is 1. The van der Waals surface area contributed by atoms with E-state index in [1.807, 2.05) is 6.92 Å². The van der Waals surface area contributed by atoms with Crippen molar-refractivity contribution >= 4 is 67.3 Å². The van der Waals surface area contributed by atoms with Gasteiger partial charge >= 0.3 is 5.91 Å². The van der Waals surface area contributed by atoms with Gasteiger partial charge in [-0.1, -0.05) is 53.6 Å².